The molecule has 0 saturated carbocycles. The Morgan fingerprint density at radius 1 is 1.10 bits per heavy atom. The van der Waals surface area contributed by atoms with E-state index in [1.54, 1.807) is 33.5 Å². The summed E-state index contributed by atoms with van der Waals surface area (Å²) in [4.78, 5) is 4.33. The smallest absolute Gasteiger partial charge is 0.189 e. The van der Waals surface area contributed by atoms with Crippen LogP contribution in [0, 0.1) is 0 Å². The Bertz CT molecular complexity index is 482. The van der Waals surface area contributed by atoms with Crippen molar-refractivity contribution in [1.29, 1.82) is 0 Å². The Hall–Kier alpha value is -2.11. The summed E-state index contributed by atoms with van der Waals surface area (Å²) in [6, 6.07) is 3.58. The van der Waals surface area contributed by atoms with Gasteiger partial charge in [-0.3, -0.25) is 0 Å². The van der Waals surface area contributed by atoms with Crippen molar-refractivity contribution in [3.63, 3.8) is 0 Å². The molecule has 0 heterocycles. The molecule has 0 unspecified atom stereocenters. The van der Waals surface area contributed by atoms with E-state index >= 15 is 0 Å². The number of nitrogens with two attached hydrogens (primary N) is 1. The molecule has 0 radical (unpaired) electrons. The molecule has 0 saturated heterocycles. The Morgan fingerprint density at radius 3 is 2.00 bits per heavy atom. The zero-order valence-corrected chi connectivity index (χ0v) is 13.6. The van der Waals surface area contributed by atoms with Crippen LogP contribution in [0.15, 0.2) is 17.1 Å². The molecule has 118 valence electrons. The van der Waals surface area contributed by atoms with Crippen molar-refractivity contribution < 1.29 is 14.2 Å². The molecule has 0 aliphatic heterocycles. The second-order valence-electron chi connectivity index (χ2n) is 5.59. The third-order valence-corrected chi connectivity index (χ3v) is 2.73. The average Bonchev–Trinajstić information content (AvgIpc) is 2.42. The molecule has 6 nitrogen and oxygen atoms in total. The lowest BCUT2D eigenvalue weighted by Crippen LogP contribution is -2.44. The molecule has 0 spiro atoms. The maximum Gasteiger partial charge on any atom is 0.189 e. The summed E-state index contributed by atoms with van der Waals surface area (Å²) in [5.41, 5.74) is 6.56. The second kappa shape index (κ2) is 7.06. The highest BCUT2D eigenvalue weighted by molar-refractivity contribution is 5.78. The minimum atomic E-state index is -0.137. The fraction of sp³-hybridized carbons (Fsp3) is 0.533. The summed E-state index contributed by atoms with van der Waals surface area (Å²) in [6.45, 7) is 6.41. The van der Waals surface area contributed by atoms with E-state index in [2.05, 4.69) is 10.3 Å². The van der Waals surface area contributed by atoms with E-state index in [0.717, 1.165) is 5.56 Å². The van der Waals surface area contributed by atoms with Gasteiger partial charge in [0.15, 0.2) is 5.96 Å². The van der Waals surface area contributed by atoms with Gasteiger partial charge >= 0.3 is 0 Å². The Kier molecular flexibility index (Phi) is 5.69. The molecule has 1 rings (SSSR count). The molecule has 21 heavy (non-hydrogen) atoms. The van der Waals surface area contributed by atoms with Crippen LogP contribution >= 0.6 is 0 Å². The molecule has 0 aromatic heterocycles. The van der Waals surface area contributed by atoms with Crippen LogP contribution in [0.1, 0.15) is 26.3 Å². The van der Waals surface area contributed by atoms with Crippen molar-refractivity contribution in [3.8, 4) is 17.2 Å². The lowest BCUT2D eigenvalue weighted by atomic mass is 10.1. The summed E-state index contributed by atoms with van der Waals surface area (Å²) in [7, 11) is 4.79. The quantitative estimate of drug-likeness (QED) is 0.641. The predicted molar refractivity (Wildman–Crippen MR) is 84.3 cm³/mol. The number of aliphatic imine (C=N–C) groups is 1. The number of hydrogen-bond donors (Lipinski definition) is 2. The van der Waals surface area contributed by atoms with E-state index in [4.69, 9.17) is 19.9 Å². The molecule has 3 N–H and O–H groups in total. The van der Waals surface area contributed by atoms with Crippen molar-refractivity contribution in [2.24, 2.45) is 10.7 Å². The van der Waals surface area contributed by atoms with E-state index in [9.17, 15) is 0 Å². The van der Waals surface area contributed by atoms with Crippen LogP contribution in [-0.2, 0) is 6.54 Å². The molecular weight excluding hydrogens is 270 g/mol. The normalized spacial score (nSPS) is 12.0. The van der Waals surface area contributed by atoms with Crippen LogP contribution in [0.2, 0.25) is 0 Å². The molecule has 0 aliphatic rings. The Morgan fingerprint density at radius 2 is 1.62 bits per heavy atom. The maximum absolute atomic E-state index is 5.88. The molecule has 1 aromatic rings. The van der Waals surface area contributed by atoms with Gasteiger partial charge in [-0.25, -0.2) is 4.99 Å². The van der Waals surface area contributed by atoms with Gasteiger partial charge in [0.1, 0.15) is 17.2 Å². The maximum atomic E-state index is 5.88. The van der Waals surface area contributed by atoms with Crippen molar-refractivity contribution in [1.82, 2.24) is 5.32 Å². The third-order valence-electron chi connectivity index (χ3n) is 2.73. The van der Waals surface area contributed by atoms with Gasteiger partial charge in [-0.05, 0) is 20.8 Å². The van der Waals surface area contributed by atoms with Gasteiger partial charge in [-0.2, -0.15) is 0 Å². The largest absolute Gasteiger partial charge is 0.496 e. The van der Waals surface area contributed by atoms with Gasteiger partial charge < -0.3 is 25.3 Å². The first kappa shape index (κ1) is 16.9. The van der Waals surface area contributed by atoms with Gasteiger partial charge in [0.05, 0.1) is 33.4 Å². The number of methoxy groups -OCH3 is 3. The third kappa shape index (κ3) is 5.06. The average molecular weight is 295 g/mol. The number of ether oxygens (including phenoxy) is 3. The number of guanidine groups is 1. The van der Waals surface area contributed by atoms with Crippen LogP contribution in [0.5, 0.6) is 17.2 Å². The van der Waals surface area contributed by atoms with E-state index in [1.165, 1.54) is 0 Å². The van der Waals surface area contributed by atoms with Gasteiger partial charge in [0.25, 0.3) is 0 Å². The first-order valence-corrected chi connectivity index (χ1v) is 6.67. The van der Waals surface area contributed by atoms with Crippen molar-refractivity contribution >= 4 is 5.96 Å². The Labute approximate surface area is 126 Å². The van der Waals surface area contributed by atoms with E-state index in [1.807, 2.05) is 20.8 Å². The van der Waals surface area contributed by atoms with Gasteiger partial charge in [-0.1, -0.05) is 0 Å². The molecule has 0 atom stereocenters. The number of rotatable bonds is 5. The highest BCUT2D eigenvalue weighted by Gasteiger charge is 2.14. The summed E-state index contributed by atoms with van der Waals surface area (Å²) in [5, 5.41) is 3.11. The first-order chi connectivity index (χ1) is 9.80. The van der Waals surface area contributed by atoms with Crippen molar-refractivity contribution in [2.75, 3.05) is 21.3 Å². The molecule has 6 heteroatoms. The van der Waals surface area contributed by atoms with E-state index in [-0.39, 0.29) is 5.54 Å². The number of benzene rings is 1. The molecule has 0 fully saturated rings. The molecular formula is C15H25N3O3. The molecule has 0 bridgehead atoms. The predicted octanol–water partition coefficient (Wildman–Crippen LogP) is 1.92. The fourth-order valence-electron chi connectivity index (χ4n) is 1.82. The van der Waals surface area contributed by atoms with Crippen LogP contribution in [-0.4, -0.2) is 32.8 Å². The van der Waals surface area contributed by atoms with Gasteiger partial charge in [0.2, 0.25) is 0 Å². The topological polar surface area (TPSA) is 78.1 Å². The summed E-state index contributed by atoms with van der Waals surface area (Å²) in [6.07, 6.45) is 0. The first-order valence-electron chi connectivity index (χ1n) is 6.67. The van der Waals surface area contributed by atoms with Crippen molar-refractivity contribution in [2.45, 2.75) is 32.9 Å². The molecule has 0 aliphatic carbocycles. The monoisotopic (exact) mass is 295 g/mol. The fourth-order valence-corrected chi connectivity index (χ4v) is 1.82. The van der Waals surface area contributed by atoms with Crippen LogP contribution in [0.25, 0.3) is 0 Å². The van der Waals surface area contributed by atoms with Crippen molar-refractivity contribution in [3.05, 3.63) is 17.7 Å². The number of nitrogens with zero attached hydrogens (tertiary/aromatic N) is 1. The second-order valence-corrected chi connectivity index (χ2v) is 5.59. The molecule has 0 amide bonds. The highest BCUT2D eigenvalue weighted by Crippen LogP contribution is 2.34. The highest BCUT2D eigenvalue weighted by atomic mass is 16.5. The Balaban J connectivity index is 3.04. The standard InChI is InChI=1S/C15H25N3O3/c1-15(2,3)18-14(16)17-9-11-12(20-5)7-10(19-4)8-13(11)21-6/h7-8H,9H2,1-6H3,(H3,16,17,18). The van der Waals surface area contributed by atoms with E-state index in [0.29, 0.717) is 29.8 Å². The summed E-state index contributed by atoms with van der Waals surface area (Å²) < 4.78 is 16.0. The zero-order valence-electron chi connectivity index (χ0n) is 13.6. The number of hydrogen-bond acceptors (Lipinski definition) is 4. The van der Waals surface area contributed by atoms with Gasteiger partial charge in [-0.15, -0.1) is 0 Å². The minimum Gasteiger partial charge on any atom is -0.496 e. The van der Waals surface area contributed by atoms with Gasteiger partial charge in [0, 0.05) is 17.7 Å². The summed E-state index contributed by atoms with van der Waals surface area (Å²) in [5.74, 6) is 2.34. The number of nitrogens with one attached hydrogen (secondary N) is 1. The molecule has 1 aromatic carbocycles. The summed E-state index contributed by atoms with van der Waals surface area (Å²) >= 11 is 0. The zero-order chi connectivity index (χ0) is 16.0. The lowest BCUT2D eigenvalue weighted by Gasteiger charge is -2.21. The van der Waals surface area contributed by atoms with E-state index < -0.39 is 0 Å². The van der Waals surface area contributed by atoms with Crippen LogP contribution < -0.4 is 25.3 Å². The van der Waals surface area contributed by atoms with Crippen LogP contribution in [0.3, 0.4) is 0 Å². The van der Waals surface area contributed by atoms with Crippen LogP contribution in [0.4, 0.5) is 0 Å². The SMILES string of the molecule is COc1cc(OC)c(CN=C(N)NC(C)(C)C)c(OC)c1. The lowest BCUT2D eigenvalue weighted by molar-refractivity contribution is 0.369. The minimum absolute atomic E-state index is 0.137.